The molecule has 0 spiro atoms. The first kappa shape index (κ1) is 13.5. The van der Waals surface area contributed by atoms with Gasteiger partial charge >= 0.3 is 0 Å². The molecule has 1 atom stereocenters. The minimum atomic E-state index is -0.107. The van der Waals surface area contributed by atoms with Gasteiger partial charge in [-0.15, -0.1) is 0 Å². The van der Waals surface area contributed by atoms with Crippen molar-refractivity contribution in [2.24, 2.45) is 11.7 Å². The fourth-order valence-electron chi connectivity index (χ4n) is 1.67. The number of thioether (sulfide) groups is 1. The maximum absolute atomic E-state index is 13.4. The minimum absolute atomic E-state index is 0.107. The predicted octanol–water partition coefficient (Wildman–Crippen LogP) is 3.09. The molecule has 3 heteroatoms. The van der Waals surface area contributed by atoms with Crippen molar-refractivity contribution in [3.8, 4) is 0 Å². The van der Waals surface area contributed by atoms with Gasteiger partial charge in [0.2, 0.25) is 0 Å². The molecule has 0 radical (unpaired) electrons. The molecule has 0 aromatic heterocycles. The fraction of sp³-hybridized carbons (Fsp3) is 0.538. The van der Waals surface area contributed by atoms with Gasteiger partial charge in [-0.2, -0.15) is 11.8 Å². The maximum atomic E-state index is 13.4. The van der Waals surface area contributed by atoms with Crippen molar-refractivity contribution in [3.63, 3.8) is 0 Å². The third kappa shape index (κ3) is 4.54. The van der Waals surface area contributed by atoms with Crippen molar-refractivity contribution in [2.75, 3.05) is 18.1 Å². The molecule has 0 aliphatic rings. The summed E-state index contributed by atoms with van der Waals surface area (Å²) in [6.07, 6.45) is 1.83. The van der Waals surface area contributed by atoms with Crippen molar-refractivity contribution in [2.45, 2.75) is 19.8 Å². The lowest BCUT2D eigenvalue weighted by atomic mass is 9.97. The Hall–Kier alpha value is -0.540. The lowest BCUT2D eigenvalue weighted by molar-refractivity contribution is 0.504. The largest absolute Gasteiger partial charge is 0.330 e. The number of halogens is 1. The molecule has 1 rings (SSSR count). The first-order valence-electron chi connectivity index (χ1n) is 5.79. The van der Waals surface area contributed by atoms with Crippen molar-refractivity contribution in [1.82, 2.24) is 0 Å². The van der Waals surface area contributed by atoms with Gasteiger partial charge in [-0.1, -0.05) is 25.1 Å². The Bertz CT molecular complexity index is 304. The third-order valence-corrected chi connectivity index (χ3v) is 3.61. The van der Waals surface area contributed by atoms with Crippen LogP contribution in [-0.4, -0.2) is 18.1 Å². The molecule has 1 unspecified atom stereocenters. The van der Waals surface area contributed by atoms with E-state index in [1.54, 1.807) is 6.07 Å². The Morgan fingerprint density at radius 2 is 2.12 bits per heavy atom. The zero-order valence-electron chi connectivity index (χ0n) is 9.79. The van der Waals surface area contributed by atoms with Gasteiger partial charge in [0.1, 0.15) is 5.82 Å². The molecule has 2 N–H and O–H groups in total. The average Bonchev–Trinajstić information content (AvgIpc) is 2.30. The van der Waals surface area contributed by atoms with E-state index in [9.17, 15) is 4.39 Å². The van der Waals surface area contributed by atoms with Crippen LogP contribution in [0.2, 0.25) is 0 Å². The summed E-state index contributed by atoms with van der Waals surface area (Å²) in [5.41, 5.74) is 6.51. The summed E-state index contributed by atoms with van der Waals surface area (Å²) in [4.78, 5) is 0. The SMILES string of the molecule is CCSCCC(CN)Cc1ccccc1F. The summed E-state index contributed by atoms with van der Waals surface area (Å²) in [5, 5.41) is 0. The lowest BCUT2D eigenvalue weighted by Gasteiger charge is -2.14. The highest BCUT2D eigenvalue weighted by atomic mass is 32.2. The number of rotatable bonds is 7. The van der Waals surface area contributed by atoms with Crippen LogP contribution in [-0.2, 0) is 6.42 Å². The minimum Gasteiger partial charge on any atom is -0.330 e. The van der Waals surface area contributed by atoms with Crippen LogP contribution in [0.5, 0.6) is 0 Å². The highest BCUT2D eigenvalue weighted by Crippen LogP contribution is 2.16. The second-order valence-corrected chi connectivity index (χ2v) is 5.28. The van der Waals surface area contributed by atoms with Crippen molar-refractivity contribution in [1.29, 1.82) is 0 Å². The second kappa shape index (κ2) is 7.69. The topological polar surface area (TPSA) is 26.0 Å². The first-order valence-corrected chi connectivity index (χ1v) is 6.94. The molecule has 0 aliphatic carbocycles. The van der Waals surface area contributed by atoms with Crippen LogP contribution in [0.15, 0.2) is 24.3 Å². The molecule has 16 heavy (non-hydrogen) atoms. The summed E-state index contributed by atoms with van der Waals surface area (Å²) in [7, 11) is 0. The van der Waals surface area contributed by atoms with E-state index in [1.165, 1.54) is 6.07 Å². The van der Waals surface area contributed by atoms with Crippen molar-refractivity contribution < 1.29 is 4.39 Å². The van der Waals surface area contributed by atoms with E-state index in [-0.39, 0.29) is 5.82 Å². The maximum Gasteiger partial charge on any atom is 0.126 e. The van der Waals surface area contributed by atoms with Gasteiger partial charge in [-0.3, -0.25) is 0 Å². The van der Waals surface area contributed by atoms with Gasteiger partial charge in [0, 0.05) is 0 Å². The summed E-state index contributed by atoms with van der Waals surface area (Å²) in [6, 6.07) is 6.98. The molecular weight excluding hydrogens is 221 g/mol. The van der Waals surface area contributed by atoms with Crippen LogP contribution in [0.4, 0.5) is 4.39 Å². The molecule has 0 heterocycles. The molecule has 0 saturated carbocycles. The molecule has 0 aliphatic heterocycles. The zero-order valence-corrected chi connectivity index (χ0v) is 10.6. The quantitative estimate of drug-likeness (QED) is 0.742. The smallest absolute Gasteiger partial charge is 0.126 e. The van der Waals surface area contributed by atoms with Crippen LogP contribution in [0.1, 0.15) is 18.9 Å². The average molecular weight is 241 g/mol. The van der Waals surface area contributed by atoms with Crippen molar-refractivity contribution >= 4 is 11.8 Å². The van der Waals surface area contributed by atoms with Gasteiger partial charge in [-0.25, -0.2) is 4.39 Å². The van der Waals surface area contributed by atoms with Gasteiger partial charge < -0.3 is 5.73 Å². The molecule has 0 bridgehead atoms. The highest BCUT2D eigenvalue weighted by Gasteiger charge is 2.10. The summed E-state index contributed by atoms with van der Waals surface area (Å²) in [6.45, 7) is 2.79. The van der Waals surface area contributed by atoms with Crippen LogP contribution < -0.4 is 5.73 Å². The molecule has 1 aromatic rings. The van der Waals surface area contributed by atoms with Gasteiger partial charge in [-0.05, 0) is 48.4 Å². The molecule has 1 aromatic carbocycles. The van der Waals surface area contributed by atoms with Crippen LogP contribution >= 0.6 is 11.8 Å². The van der Waals surface area contributed by atoms with E-state index < -0.39 is 0 Å². The van der Waals surface area contributed by atoms with E-state index >= 15 is 0 Å². The first-order chi connectivity index (χ1) is 7.77. The monoisotopic (exact) mass is 241 g/mol. The normalized spacial score (nSPS) is 12.7. The summed E-state index contributed by atoms with van der Waals surface area (Å²) >= 11 is 1.92. The van der Waals surface area contributed by atoms with Crippen molar-refractivity contribution in [3.05, 3.63) is 35.6 Å². The standard InChI is InChI=1S/C13H20FNS/c1-2-16-8-7-11(10-15)9-12-5-3-4-6-13(12)14/h3-6,11H,2,7-10,15H2,1H3. The summed E-state index contributed by atoms with van der Waals surface area (Å²) in [5.74, 6) is 2.55. The van der Waals surface area contributed by atoms with Gasteiger partial charge in [0.15, 0.2) is 0 Å². The van der Waals surface area contributed by atoms with Gasteiger partial charge in [0.05, 0.1) is 0 Å². The fourth-order valence-corrected chi connectivity index (χ4v) is 2.46. The number of hydrogen-bond donors (Lipinski definition) is 1. The summed E-state index contributed by atoms with van der Waals surface area (Å²) < 4.78 is 13.4. The second-order valence-electron chi connectivity index (χ2n) is 3.88. The highest BCUT2D eigenvalue weighted by molar-refractivity contribution is 7.99. The van der Waals surface area contributed by atoms with Gasteiger partial charge in [0.25, 0.3) is 0 Å². The Balaban J connectivity index is 2.46. The molecule has 0 saturated heterocycles. The van der Waals surface area contributed by atoms with E-state index in [2.05, 4.69) is 6.92 Å². The number of hydrogen-bond acceptors (Lipinski definition) is 2. The Morgan fingerprint density at radius 3 is 2.75 bits per heavy atom. The number of benzene rings is 1. The Kier molecular flexibility index (Phi) is 6.50. The molecule has 90 valence electrons. The molecule has 0 amide bonds. The van der Waals surface area contributed by atoms with E-state index in [1.807, 2.05) is 23.9 Å². The van der Waals surface area contributed by atoms with Crippen LogP contribution in [0, 0.1) is 11.7 Å². The number of nitrogens with two attached hydrogens (primary N) is 1. The predicted molar refractivity (Wildman–Crippen MR) is 70.3 cm³/mol. The van der Waals surface area contributed by atoms with E-state index in [0.29, 0.717) is 12.5 Å². The van der Waals surface area contributed by atoms with E-state index in [0.717, 1.165) is 29.9 Å². The molecule has 1 nitrogen and oxygen atoms in total. The Labute approximate surface area is 102 Å². The van der Waals surface area contributed by atoms with Crippen LogP contribution in [0.25, 0.3) is 0 Å². The molecule has 0 fully saturated rings. The zero-order chi connectivity index (χ0) is 11.8. The Morgan fingerprint density at radius 1 is 1.38 bits per heavy atom. The lowest BCUT2D eigenvalue weighted by Crippen LogP contribution is -2.18. The van der Waals surface area contributed by atoms with E-state index in [4.69, 9.17) is 5.73 Å². The third-order valence-electron chi connectivity index (χ3n) is 2.67. The molecular formula is C13H20FNS. The van der Waals surface area contributed by atoms with Crippen LogP contribution in [0.3, 0.4) is 0 Å².